The van der Waals surface area contributed by atoms with Crippen molar-refractivity contribution in [2.24, 2.45) is 0 Å². The summed E-state index contributed by atoms with van der Waals surface area (Å²) < 4.78 is 5.48. The van der Waals surface area contributed by atoms with Crippen LogP contribution in [0.25, 0.3) is 11.5 Å². The van der Waals surface area contributed by atoms with Gasteiger partial charge in [-0.15, -0.1) is 24.8 Å². The number of hydrogen-bond acceptors (Lipinski definition) is 7. The van der Waals surface area contributed by atoms with Crippen molar-refractivity contribution in [2.75, 3.05) is 45.8 Å². The molecule has 2 aromatic heterocycles. The van der Waals surface area contributed by atoms with Crippen LogP contribution in [0.4, 0.5) is 0 Å². The molecule has 10 heteroatoms. The van der Waals surface area contributed by atoms with Crippen LogP contribution in [0, 0.1) is 0 Å². The zero-order valence-electron chi connectivity index (χ0n) is 16.3. The minimum absolute atomic E-state index is 0. The average Bonchev–Trinajstić information content (AvgIpc) is 3.24. The Morgan fingerprint density at radius 3 is 2.59 bits per heavy atom. The summed E-state index contributed by atoms with van der Waals surface area (Å²) in [7, 11) is 0. The lowest BCUT2D eigenvalue weighted by Crippen LogP contribution is -2.47. The van der Waals surface area contributed by atoms with Crippen molar-refractivity contribution in [3.63, 3.8) is 0 Å². The molecule has 29 heavy (non-hydrogen) atoms. The number of nitrogens with one attached hydrogen (secondary N) is 1. The molecule has 0 bridgehead atoms. The zero-order chi connectivity index (χ0) is 18.5. The molecule has 2 aromatic rings. The van der Waals surface area contributed by atoms with E-state index in [-0.39, 0.29) is 36.6 Å². The van der Waals surface area contributed by atoms with E-state index >= 15 is 0 Å². The summed E-state index contributed by atoms with van der Waals surface area (Å²) in [4.78, 5) is 25.4. The first-order valence-electron chi connectivity index (χ1n) is 9.75. The third-order valence-corrected chi connectivity index (χ3v) is 5.38. The van der Waals surface area contributed by atoms with E-state index in [4.69, 9.17) is 4.52 Å². The average molecular weight is 443 g/mol. The van der Waals surface area contributed by atoms with E-state index < -0.39 is 0 Å². The molecule has 8 nitrogen and oxygen atoms in total. The Morgan fingerprint density at radius 2 is 1.90 bits per heavy atom. The van der Waals surface area contributed by atoms with Crippen molar-refractivity contribution in [3.05, 3.63) is 30.3 Å². The normalized spacial score (nSPS) is 18.0. The van der Waals surface area contributed by atoms with E-state index in [1.807, 2.05) is 23.1 Å². The molecule has 1 amide bonds. The molecule has 0 spiro atoms. The third-order valence-electron chi connectivity index (χ3n) is 5.38. The second-order valence-corrected chi connectivity index (χ2v) is 7.17. The number of amides is 1. The molecule has 0 atom stereocenters. The number of likely N-dealkylation sites (tertiary alicyclic amines) is 1. The smallest absolute Gasteiger partial charge is 0.230 e. The highest BCUT2D eigenvalue weighted by molar-refractivity contribution is 5.85. The van der Waals surface area contributed by atoms with Crippen molar-refractivity contribution in [2.45, 2.75) is 25.2 Å². The highest BCUT2D eigenvalue weighted by Gasteiger charge is 2.26. The maximum absolute atomic E-state index is 12.3. The number of rotatable bonds is 5. The maximum atomic E-state index is 12.3. The fraction of sp³-hybridized carbons (Fsp3) is 0.579. The van der Waals surface area contributed by atoms with Crippen LogP contribution in [-0.4, -0.2) is 76.6 Å². The van der Waals surface area contributed by atoms with E-state index in [9.17, 15) is 4.79 Å². The molecule has 0 saturated carbocycles. The molecule has 2 aliphatic rings. The molecule has 2 saturated heterocycles. The Kier molecular flexibility index (Phi) is 9.29. The largest absolute Gasteiger partial charge is 0.340 e. The molecule has 160 valence electrons. The number of nitrogens with zero attached hydrogens (tertiary/aromatic N) is 5. The predicted molar refractivity (Wildman–Crippen MR) is 115 cm³/mol. The summed E-state index contributed by atoms with van der Waals surface area (Å²) in [5.41, 5.74) is 0.733. The minimum atomic E-state index is 0. The lowest BCUT2D eigenvalue weighted by Gasteiger charge is -2.32. The second kappa shape index (κ2) is 11.4. The van der Waals surface area contributed by atoms with E-state index in [0.717, 1.165) is 64.3 Å². The number of piperazine rings is 1. The van der Waals surface area contributed by atoms with Crippen LogP contribution >= 0.6 is 24.8 Å². The van der Waals surface area contributed by atoms with Gasteiger partial charge in [0.25, 0.3) is 0 Å². The number of pyridine rings is 1. The molecule has 0 aromatic carbocycles. The molecule has 0 aliphatic carbocycles. The number of halogens is 2. The topological polar surface area (TPSA) is 87.4 Å². The molecule has 2 aliphatic heterocycles. The first kappa shape index (κ1) is 23.5. The number of aromatic nitrogens is 3. The second-order valence-electron chi connectivity index (χ2n) is 7.17. The van der Waals surface area contributed by atoms with Crippen LogP contribution < -0.4 is 5.32 Å². The fourth-order valence-electron chi connectivity index (χ4n) is 3.73. The van der Waals surface area contributed by atoms with Crippen LogP contribution in [0.1, 0.15) is 31.1 Å². The molecule has 0 radical (unpaired) electrons. The molecule has 1 N–H and O–H groups in total. The molecule has 2 fully saturated rings. The van der Waals surface area contributed by atoms with E-state index in [0.29, 0.717) is 18.1 Å². The highest BCUT2D eigenvalue weighted by Crippen LogP contribution is 2.28. The van der Waals surface area contributed by atoms with Gasteiger partial charge in [0.05, 0.1) is 0 Å². The van der Waals surface area contributed by atoms with Gasteiger partial charge in [-0.2, -0.15) is 4.98 Å². The van der Waals surface area contributed by atoms with Gasteiger partial charge in [-0.05, 0) is 38.1 Å². The van der Waals surface area contributed by atoms with Crippen molar-refractivity contribution in [1.29, 1.82) is 0 Å². The van der Waals surface area contributed by atoms with Gasteiger partial charge in [0.2, 0.25) is 17.6 Å². The van der Waals surface area contributed by atoms with Crippen molar-refractivity contribution < 1.29 is 9.32 Å². The van der Waals surface area contributed by atoms with Crippen LogP contribution in [0.2, 0.25) is 0 Å². The summed E-state index contributed by atoms with van der Waals surface area (Å²) in [5, 5.41) is 7.35. The quantitative estimate of drug-likeness (QED) is 0.756. The third kappa shape index (κ3) is 6.12. The van der Waals surface area contributed by atoms with Crippen LogP contribution in [0.5, 0.6) is 0 Å². The Hall–Kier alpha value is -1.74. The molecule has 4 heterocycles. The molecular formula is C19H28Cl2N6O2. The summed E-state index contributed by atoms with van der Waals surface area (Å²) in [6.45, 7) is 6.22. The van der Waals surface area contributed by atoms with Crippen LogP contribution in [0.3, 0.4) is 0 Å². The standard InChI is InChI=1S/C19H26N6O2.2ClH/c26-17(25-13-8-20-9-14-25)6-12-24-10-4-15(5-11-24)19-22-18(23-27-19)16-3-1-2-7-21-16;;/h1-3,7,15,20H,4-6,8-14H2;2*1H. The zero-order valence-corrected chi connectivity index (χ0v) is 18.0. The number of carbonyl (C=O) groups is 1. The van der Waals surface area contributed by atoms with Gasteiger partial charge in [0.15, 0.2) is 0 Å². The lowest BCUT2D eigenvalue weighted by molar-refractivity contribution is -0.132. The fourth-order valence-corrected chi connectivity index (χ4v) is 3.73. The lowest BCUT2D eigenvalue weighted by atomic mass is 9.96. The summed E-state index contributed by atoms with van der Waals surface area (Å²) in [6, 6.07) is 5.67. The molecule has 0 unspecified atom stereocenters. The van der Waals surface area contributed by atoms with Gasteiger partial charge >= 0.3 is 0 Å². The molecular weight excluding hydrogens is 415 g/mol. The van der Waals surface area contributed by atoms with E-state index in [2.05, 4.69) is 25.3 Å². The van der Waals surface area contributed by atoms with Gasteiger partial charge in [-0.3, -0.25) is 9.78 Å². The Morgan fingerprint density at radius 1 is 1.14 bits per heavy atom. The Labute approximate surface area is 183 Å². The first-order chi connectivity index (χ1) is 13.3. The van der Waals surface area contributed by atoms with Gasteiger partial charge in [-0.25, -0.2) is 0 Å². The monoisotopic (exact) mass is 442 g/mol. The minimum Gasteiger partial charge on any atom is -0.340 e. The molecule has 4 rings (SSSR count). The van der Waals surface area contributed by atoms with Crippen molar-refractivity contribution in [3.8, 4) is 11.5 Å². The predicted octanol–water partition coefficient (Wildman–Crippen LogP) is 1.98. The van der Waals surface area contributed by atoms with Crippen molar-refractivity contribution >= 4 is 30.7 Å². The van der Waals surface area contributed by atoms with Crippen molar-refractivity contribution in [1.82, 2.24) is 30.2 Å². The number of piperidine rings is 1. The van der Waals surface area contributed by atoms with E-state index in [1.165, 1.54) is 0 Å². The van der Waals surface area contributed by atoms with Gasteiger partial charge in [0.1, 0.15) is 5.69 Å². The van der Waals surface area contributed by atoms with Gasteiger partial charge < -0.3 is 19.6 Å². The number of carbonyl (C=O) groups excluding carboxylic acids is 1. The summed E-state index contributed by atoms with van der Waals surface area (Å²) in [5.74, 6) is 1.81. The SMILES string of the molecule is Cl.Cl.O=C(CCN1CCC(c2nc(-c3ccccn3)no2)CC1)N1CCNCC1. The first-order valence-corrected chi connectivity index (χ1v) is 9.75. The van der Waals surface area contributed by atoms with Crippen LogP contribution in [-0.2, 0) is 4.79 Å². The summed E-state index contributed by atoms with van der Waals surface area (Å²) in [6.07, 6.45) is 4.29. The Balaban J connectivity index is 0.00000150. The van der Waals surface area contributed by atoms with Crippen LogP contribution in [0.15, 0.2) is 28.9 Å². The van der Waals surface area contributed by atoms with E-state index in [1.54, 1.807) is 6.20 Å². The summed E-state index contributed by atoms with van der Waals surface area (Å²) >= 11 is 0. The number of hydrogen-bond donors (Lipinski definition) is 1. The highest BCUT2D eigenvalue weighted by atomic mass is 35.5. The maximum Gasteiger partial charge on any atom is 0.230 e. The Bertz CT molecular complexity index is 746. The van der Waals surface area contributed by atoms with Gasteiger partial charge in [-0.1, -0.05) is 11.2 Å². The van der Waals surface area contributed by atoms with Gasteiger partial charge in [0, 0.05) is 51.3 Å².